The summed E-state index contributed by atoms with van der Waals surface area (Å²) in [6, 6.07) is 14.0. The third-order valence-corrected chi connectivity index (χ3v) is 5.00. The molecule has 24 heavy (non-hydrogen) atoms. The highest BCUT2D eigenvalue weighted by molar-refractivity contribution is 7.58. The van der Waals surface area contributed by atoms with E-state index in [1.165, 1.54) is 38.5 Å². The van der Waals surface area contributed by atoms with Crippen LogP contribution in [-0.4, -0.2) is 20.1 Å². The number of benzene rings is 2. The highest BCUT2D eigenvalue weighted by Gasteiger charge is 2.29. The summed E-state index contributed by atoms with van der Waals surface area (Å²) in [5, 5.41) is 2.53. The molecule has 0 atom stereocenters. The molecule has 0 aliphatic rings. The summed E-state index contributed by atoms with van der Waals surface area (Å²) in [6.07, 6.45) is 1.36. The van der Waals surface area contributed by atoms with Crippen LogP contribution in [0.5, 0.6) is 0 Å². The Morgan fingerprint density at radius 3 is 2.33 bits per heavy atom. The van der Waals surface area contributed by atoms with E-state index >= 15 is 0 Å². The number of nitrogens with one attached hydrogen (secondary N) is 1. The maximum atomic E-state index is 13.4. The van der Waals surface area contributed by atoms with Crippen LogP contribution in [0, 0.1) is 5.82 Å². The van der Waals surface area contributed by atoms with Gasteiger partial charge in [-0.25, -0.2) is 4.39 Å². The minimum absolute atomic E-state index is 0.0769. The maximum absolute atomic E-state index is 13.4. The molecule has 7 heteroatoms. The lowest BCUT2D eigenvalue weighted by atomic mass is 10.2. The third kappa shape index (κ3) is 4.38. The number of halogens is 1. The zero-order valence-electron chi connectivity index (χ0n) is 13.2. The first kappa shape index (κ1) is 18.1. The Balaban J connectivity index is 2.40. The Morgan fingerprint density at radius 1 is 1.08 bits per heavy atom. The average molecular weight is 349 g/mol. The van der Waals surface area contributed by atoms with Gasteiger partial charge in [-0.15, -0.1) is 0 Å². The van der Waals surface area contributed by atoms with Crippen molar-refractivity contribution in [2.24, 2.45) is 0 Å². The second-order valence-electron chi connectivity index (χ2n) is 4.77. The molecule has 0 saturated carbocycles. The van der Waals surface area contributed by atoms with Crippen LogP contribution < -0.4 is 5.32 Å². The van der Waals surface area contributed by atoms with Gasteiger partial charge < -0.3 is 14.4 Å². The van der Waals surface area contributed by atoms with Crippen LogP contribution in [0.4, 0.5) is 4.39 Å². The predicted molar refractivity (Wildman–Crippen MR) is 89.9 cm³/mol. The van der Waals surface area contributed by atoms with Crippen molar-refractivity contribution >= 4 is 19.6 Å². The zero-order chi connectivity index (χ0) is 17.6. The Labute approximate surface area is 139 Å². The Kier molecular flexibility index (Phi) is 6.04. The van der Waals surface area contributed by atoms with Crippen LogP contribution in [0.1, 0.15) is 15.9 Å². The van der Waals surface area contributed by atoms with E-state index in [-0.39, 0.29) is 5.44 Å². The lowest BCUT2D eigenvalue weighted by molar-refractivity contribution is 0.0966. The summed E-state index contributed by atoms with van der Waals surface area (Å²) in [5.41, 5.74) is 0.709. The van der Waals surface area contributed by atoms with E-state index in [9.17, 15) is 13.8 Å². The van der Waals surface area contributed by atoms with Crippen LogP contribution >= 0.6 is 7.60 Å². The molecule has 2 aromatic rings. The minimum atomic E-state index is -3.74. The molecule has 0 aliphatic heterocycles. The SMILES string of the molecule is COP(=O)(OC)/C(=C\c1cccc(F)c1)NC(=O)c1ccccc1. The third-order valence-electron chi connectivity index (χ3n) is 3.21. The van der Waals surface area contributed by atoms with Gasteiger partial charge in [0.1, 0.15) is 11.3 Å². The Bertz CT molecular complexity index is 784. The Hall–Kier alpha value is -2.27. The van der Waals surface area contributed by atoms with Gasteiger partial charge >= 0.3 is 7.60 Å². The molecule has 2 rings (SSSR count). The molecule has 1 amide bonds. The van der Waals surface area contributed by atoms with E-state index < -0.39 is 19.3 Å². The number of carbonyl (C=O) groups excluding carboxylic acids is 1. The average Bonchev–Trinajstić information content (AvgIpc) is 2.61. The smallest absolute Gasteiger partial charge is 0.315 e. The molecule has 0 bridgehead atoms. The molecule has 2 aromatic carbocycles. The lowest BCUT2D eigenvalue weighted by Gasteiger charge is -2.18. The monoisotopic (exact) mass is 349 g/mol. The highest BCUT2D eigenvalue weighted by Crippen LogP contribution is 2.54. The summed E-state index contributed by atoms with van der Waals surface area (Å²) >= 11 is 0. The minimum Gasteiger partial charge on any atom is -0.315 e. The van der Waals surface area contributed by atoms with Gasteiger partial charge in [-0.1, -0.05) is 30.3 Å². The van der Waals surface area contributed by atoms with Gasteiger partial charge in [-0.3, -0.25) is 9.36 Å². The Morgan fingerprint density at radius 2 is 1.75 bits per heavy atom. The summed E-state index contributed by atoms with van der Waals surface area (Å²) in [7, 11) is -1.33. The second-order valence-corrected chi connectivity index (χ2v) is 6.97. The second kappa shape index (κ2) is 8.02. The molecule has 0 aromatic heterocycles. The van der Waals surface area contributed by atoms with Crippen molar-refractivity contribution in [2.45, 2.75) is 0 Å². The lowest BCUT2D eigenvalue weighted by Crippen LogP contribution is -2.23. The molecular formula is C17H17FNO4P. The fourth-order valence-electron chi connectivity index (χ4n) is 1.99. The van der Waals surface area contributed by atoms with E-state index in [4.69, 9.17) is 9.05 Å². The van der Waals surface area contributed by atoms with E-state index in [0.717, 1.165) is 0 Å². The van der Waals surface area contributed by atoms with Crippen molar-refractivity contribution in [3.05, 3.63) is 77.0 Å². The first-order chi connectivity index (χ1) is 11.5. The normalized spacial score (nSPS) is 12.0. The summed E-state index contributed by atoms with van der Waals surface area (Å²) < 4.78 is 35.9. The van der Waals surface area contributed by atoms with E-state index in [1.54, 1.807) is 36.4 Å². The molecule has 0 saturated heterocycles. The van der Waals surface area contributed by atoms with Crippen molar-refractivity contribution < 1.29 is 22.8 Å². The fraction of sp³-hybridized carbons (Fsp3) is 0.118. The fourth-order valence-corrected chi connectivity index (χ4v) is 3.08. The standard InChI is InChI=1S/C17H17FNO4P/c1-22-24(21,23-2)16(12-13-7-6-10-15(18)11-13)19-17(20)14-8-4-3-5-9-14/h3-12H,1-2H3,(H,19,20)/b16-12-. The van der Waals surface area contributed by atoms with Gasteiger partial charge in [0.2, 0.25) is 0 Å². The first-order valence-electron chi connectivity index (χ1n) is 7.04. The van der Waals surface area contributed by atoms with Crippen molar-refractivity contribution in [1.29, 1.82) is 0 Å². The van der Waals surface area contributed by atoms with Gasteiger partial charge in [0.25, 0.3) is 5.91 Å². The van der Waals surface area contributed by atoms with Crippen molar-refractivity contribution in [3.8, 4) is 0 Å². The van der Waals surface area contributed by atoms with Crippen molar-refractivity contribution in [1.82, 2.24) is 5.32 Å². The van der Waals surface area contributed by atoms with Gasteiger partial charge in [0.15, 0.2) is 0 Å². The van der Waals surface area contributed by atoms with E-state index in [1.807, 2.05) is 0 Å². The van der Waals surface area contributed by atoms with Crippen LogP contribution in [0.3, 0.4) is 0 Å². The number of rotatable bonds is 6. The van der Waals surface area contributed by atoms with Crippen LogP contribution in [0.25, 0.3) is 6.08 Å². The summed E-state index contributed by atoms with van der Waals surface area (Å²) in [5.74, 6) is -0.935. The molecule has 1 N–H and O–H groups in total. The van der Waals surface area contributed by atoms with Gasteiger partial charge in [-0.05, 0) is 35.9 Å². The first-order valence-corrected chi connectivity index (χ1v) is 8.58. The molecule has 5 nitrogen and oxygen atoms in total. The number of amides is 1. The van der Waals surface area contributed by atoms with Crippen LogP contribution in [0.2, 0.25) is 0 Å². The molecular weight excluding hydrogens is 332 g/mol. The van der Waals surface area contributed by atoms with Gasteiger partial charge in [0.05, 0.1) is 0 Å². The van der Waals surface area contributed by atoms with E-state index in [0.29, 0.717) is 11.1 Å². The summed E-state index contributed by atoms with van der Waals surface area (Å²) in [6.45, 7) is 0. The largest absolute Gasteiger partial charge is 0.376 e. The highest BCUT2D eigenvalue weighted by atomic mass is 31.2. The zero-order valence-corrected chi connectivity index (χ0v) is 14.1. The molecule has 0 heterocycles. The van der Waals surface area contributed by atoms with Crippen LogP contribution in [0.15, 0.2) is 60.0 Å². The molecule has 0 radical (unpaired) electrons. The molecule has 0 aliphatic carbocycles. The maximum Gasteiger partial charge on any atom is 0.376 e. The quantitative estimate of drug-likeness (QED) is 0.800. The number of hydrogen-bond donors (Lipinski definition) is 1. The summed E-state index contributed by atoms with van der Waals surface area (Å²) in [4.78, 5) is 12.3. The molecule has 0 spiro atoms. The molecule has 0 fully saturated rings. The number of carbonyl (C=O) groups is 1. The van der Waals surface area contributed by atoms with Crippen molar-refractivity contribution in [3.63, 3.8) is 0 Å². The topological polar surface area (TPSA) is 64.6 Å². The van der Waals surface area contributed by atoms with E-state index in [2.05, 4.69) is 5.32 Å². The van der Waals surface area contributed by atoms with Gasteiger partial charge in [-0.2, -0.15) is 0 Å². The van der Waals surface area contributed by atoms with Crippen LogP contribution in [-0.2, 0) is 13.6 Å². The molecule has 126 valence electrons. The van der Waals surface area contributed by atoms with Gasteiger partial charge in [0, 0.05) is 19.8 Å². The van der Waals surface area contributed by atoms with Crippen molar-refractivity contribution in [2.75, 3.05) is 14.2 Å². The predicted octanol–water partition coefficient (Wildman–Crippen LogP) is 4.04. The number of hydrogen-bond acceptors (Lipinski definition) is 4. The molecule has 0 unspecified atom stereocenters.